The van der Waals surface area contributed by atoms with E-state index in [-0.39, 0.29) is 11.4 Å². The van der Waals surface area contributed by atoms with Crippen molar-refractivity contribution in [1.82, 2.24) is 4.57 Å². The molecule has 1 heterocycles. The van der Waals surface area contributed by atoms with Crippen LogP contribution < -0.4 is 0 Å². The van der Waals surface area contributed by atoms with Gasteiger partial charge in [0.25, 0.3) is 0 Å². The number of rotatable bonds is 2. The summed E-state index contributed by atoms with van der Waals surface area (Å²) < 4.78 is 27.7. The van der Waals surface area contributed by atoms with E-state index in [9.17, 15) is 19.0 Å². The number of para-hydroxylation sites is 1. The molecule has 0 amide bonds. The van der Waals surface area contributed by atoms with Crippen LogP contribution >= 0.6 is 11.6 Å². The molecule has 0 aliphatic carbocycles. The van der Waals surface area contributed by atoms with Gasteiger partial charge in [0.05, 0.1) is 5.88 Å². The summed E-state index contributed by atoms with van der Waals surface area (Å²) in [6.45, 7) is 0. The van der Waals surface area contributed by atoms with Crippen molar-refractivity contribution < 1.29 is 19.0 Å². The molecule has 0 saturated heterocycles. The first-order valence-electron chi connectivity index (χ1n) is 4.69. The highest BCUT2D eigenvalue weighted by Crippen LogP contribution is 2.34. The molecule has 2 aromatic rings. The minimum absolute atomic E-state index is 0.0809. The molecule has 2 N–H and O–H groups in total. The Morgan fingerprint density at radius 3 is 2.24 bits per heavy atom. The van der Waals surface area contributed by atoms with Crippen LogP contribution in [0.3, 0.4) is 0 Å². The maximum absolute atomic E-state index is 13.5. The third kappa shape index (κ3) is 1.82. The molecule has 90 valence electrons. The molecule has 1 aromatic carbocycles. The Morgan fingerprint density at radius 2 is 1.76 bits per heavy atom. The van der Waals surface area contributed by atoms with Gasteiger partial charge < -0.3 is 10.2 Å². The Morgan fingerprint density at radius 1 is 1.18 bits per heavy atom. The van der Waals surface area contributed by atoms with Crippen LogP contribution in [0, 0.1) is 11.6 Å². The SMILES string of the molecule is Oc1cc(CCl)c(O)n1-c1c(F)cccc1F. The Hall–Kier alpha value is -1.75. The highest BCUT2D eigenvalue weighted by atomic mass is 35.5. The van der Waals surface area contributed by atoms with Crippen LogP contribution in [-0.2, 0) is 5.88 Å². The van der Waals surface area contributed by atoms with E-state index < -0.39 is 29.1 Å². The van der Waals surface area contributed by atoms with E-state index in [4.69, 9.17) is 11.6 Å². The number of benzene rings is 1. The summed E-state index contributed by atoms with van der Waals surface area (Å²) in [5.41, 5.74) is -0.356. The quantitative estimate of drug-likeness (QED) is 0.815. The summed E-state index contributed by atoms with van der Waals surface area (Å²) in [5, 5.41) is 19.3. The fourth-order valence-corrected chi connectivity index (χ4v) is 1.76. The van der Waals surface area contributed by atoms with Crippen LogP contribution in [0.15, 0.2) is 24.3 Å². The third-order valence-corrected chi connectivity index (χ3v) is 2.62. The van der Waals surface area contributed by atoms with Gasteiger partial charge >= 0.3 is 0 Å². The van der Waals surface area contributed by atoms with Gasteiger partial charge in [-0.1, -0.05) is 6.07 Å². The Bertz CT molecular complexity index is 549. The van der Waals surface area contributed by atoms with Gasteiger partial charge in [-0.15, -0.1) is 11.6 Å². The maximum Gasteiger partial charge on any atom is 0.203 e. The molecule has 2 rings (SSSR count). The lowest BCUT2D eigenvalue weighted by Crippen LogP contribution is -2.00. The average Bonchev–Trinajstić information content (AvgIpc) is 2.56. The minimum Gasteiger partial charge on any atom is -0.494 e. The second kappa shape index (κ2) is 4.25. The first-order valence-corrected chi connectivity index (χ1v) is 5.22. The van der Waals surface area contributed by atoms with Gasteiger partial charge in [-0.25, -0.2) is 13.3 Å². The number of aromatic nitrogens is 1. The highest BCUT2D eigenvalue weighted by molar-refractivity contribution is 6.17. The average molecular weight is 260 g/mol. The molecule has 0 bridgehead atoms. The molecular formula is C11H8ClF2NO2. The standard InChI is InChI=1S/C11H8ClF2NO2/c12-5-6-4-9(16)15(11(6)17)10-7(13)2-1-3-8(10)14/h1-4,16-17H,5H2. The summed E-state index contributed by atoms with van der Waals surface area (Å²) in [6.07, 6.45) is 0. The normalized spacial score (nSPS) is 10.8. The Balaban J connectivity index is 2.73. The van der Waals surface area contributed by atoms with Crippen molar-refractivity contribution in [2.45, 2.75) is 5.88 Å². The van der Waals surface area contributed by atoms with E-state index in [1.807, 2.05) is 0 Å². The van der Waals surface area contributed by atoms with E-state index >= 15 is 0 Å². The van der Waals surface area contributed by atoms with Gasteiger partial charge in [0, 0.05) is 11.6 Å². The number of aromatic hydroxyl groups is 2. The Kier molecular flexibility index (Phi) is 2.93. The fraction of sp³-hybridized carbons (Fsp3) is 0.0909. The van der Waals surface area contributed by atoms with Gasteiger partial charge in [-0.05, 0) is 12.1 Å². The molecule has 0 radical (unpaired) electrons. The molecule has 0 unspecified atom stereocenters. The topological polar surface area (TPSA) is 45.4 Å². The molecule has 3 nitrogen and oxygen atoms in total. The molecular weight excluding hydrogens is 252 g/mol. The maximum atomic E-state index is 13.5. The molecule has 0 saturated carbocycles. The van der Waals surface area contributed by atoms with Crippen molar-refractivity contribution in [3.63, 3.8) is 0 Å². The number of hydrogen-bond acceptors (Lipinski definition) is 2. The van der Waals surface area contributed by atoms with E-state index in [1.54, 1.807) is 0 Å². The number of nitrogens with zero attached hydrogens (tertiary/aromatic N) is 1. The summed E-state index contributed by atoms with van der Waals surface area (Å²) in [5.74, 6) is -2.84. The Labute approximate surface area is 100 Å². The van der Waals surface area contributed by atoms with Gasteiger partial charge in [0.15, 0.2) is 5.88 Å². The van der Waals surface area contributed by atoms with E-state index in [1.165, 1.54) is 6.07 Å². The predicted octanol–water partition coefficient (Wildman–Crippen LogP) is 2.91. The molecule has 6 heteroatoms. The van der Waals surface area contributed by atoms with Gasteiger partial charge in [0.2, 0.25) is 5.88 Å². The first kappa shape index (κ1) is 11.7. The second-order valence-corrected chi connectivity index (χ2v) is 3.66. The van der Waals surface area contributed by atoms with Gasteiger partial charge in [-0.3, -0.25) is 0 Å². The fourth-order valence-electron chi connectivity index (χ4n) is 1.56. The van der Waals surface area contributed by atoms with Gasteiger partial charge in [0.1, 0.15) is 17.3 Å². The first-order chi connectivity index (χ1) is 8.06. The molecule has 0 aliphatic heterocycles. The smallest absolute Gasteiger partial charge is 0.203 e. The van der Waals surface area contributed by atoms with Crippen molar-refractivity contribution in [3.8, 4) is 17.4 Å². The second-order valence-electron chi connectivity index (χ2n) is 3.39. The van der Waals surface area contributed by atoms with Crippen molar-refractivity contribution in [3.05, 3.63) is 41.5 Å². The van der Waals surface area contributed by atoms with Crippen LogP contribution in [-0.4, -0.2) is 14.8 Å². The van der Waals surface area contributed by atoms with Gasteiger partial charge in [-0.2, -0.15) is 0 Å². The lowest BCUT2D eigenvalue weighted by molar-refractivity contribution is 0.393. The molecule has 0 spiro atoms. The zero-order chi connectivity index (χ0) is 12.6. The molecule has 0 fully saturated rings. The molecule has 17 heavy (non-hydrogen) atoms. The summed E-state index contributed by atoms with van der Waals surface area (Å²) in [7, 11) is 0. The lowest BCUT2D eigenvalue weighted by Gasteiger charge is -2.09. The molecule has 1 aromatic heterocycles. The summed E-state index contributed by atoms with van der Waals surface area (Å²) in [4.78, 5) is 0. The largest absolute Gasteiger partial charge is 0.494 e. The van der Waals surface area contributed by atoms with Crippen molar-refractivity contribution in [2.75, 3.05) is 0 Å². The van der Waals surface area contributed by atoms with Crippen LogP contribution in [0.25, 0.3) is 5.69 Å². The van der Waals surface area contributed by atoms with Crippen LogP contribution in [0.2, 0.25) is 0 Å². The van der Waals surface area contributed by atoms with Crippen LogP contribution in [0.4, 0.5) is 8.78 Å². The minimum atomic E-state index is -0.896. The zero-order valence-electron chi connectivity index (χ0n) is 8.49. The number of hydrogen-bond donors (Lipinski definition) is 2. The van der Waals surface area contributed by atoms with Crippen LogP contribution in [0.5, 0.6) is 11.8 Å². The molecule has 0 atom stereocenters. The highest BCUT2D eigenvalue weighted by Gasteiger charge is 2.20. The lowest BCUT2D eigenvalue weighted by atomic mass is 10.3. The van der Waals surface area contributed by atoms with Crippen LogP contribution in [0.1, 0.15) is 5.56 Å². The predicted molar refractivity (Wildman–Crippen MR) is 58.6 cm³/mol. The van der Waals surface area contributed by atoms with Crippen molar-refractivity contribution in [2.24, 2.45) is 0 Å². The van der Waals surface area contributed by atoms with Crippen molar-refractivity contribution >= 4 is 11.6 Å². The molecule has 0 aliphatic rings. The third-order valence-electron chi connectivity index (χ3n) is 2.34. The summed E-state index contributed by atoms with van der Waals surface area (Å²) in [6, 6.07) is 4.39. The summed E-state index contributed by atoms with van der Waals surface area (Å²) >= 11 is 5.51. The monoisotopic (exact) mass is 259 g/mol. The number of halogens is 3. The van der Waals surface area contributed by atoms with E-state index in [0.29, 0.717) is 4.57 Å². The zero-order valence-corrected chi connectivity index (χ0v) is 9.25. The van der Waals surface area contributed by atoms with Crippen molar-refractivity contribution in [1.29, 1.82) is 0 Å². The van der Waals surface area contributed by atoms with E-state index in [2.05, 4.69) is 0 Å². The number of alkyl halides is 1. The van der Waals surface area contributed by atoms with E-state index in [0.717, 1.165) is 18.2 Å².